The van der Waals surface area contributed by atoms with Gasteiger partial charge in [0.1, 0.15) is 5.82 Å². The first-order valence-electron chi connectivity index (χ1n) is 5.97. The minimum absolute atomic E-state index is 0.252. The van der Waals surface area contributed by atoms with E-state index in [0.717, 1.165) is 26.2 Å². The van der Waals surface area contributed by atoms with E-state index in [4.69, 9.17) is 5.73 Å². The molecule has 0 unspecified atom stereocenters. The summed E-state index contributed by atoms with van der Waals surface area (Å²) in [4.78, 5) is 29.8. The molecule has 100 valence electrons. The Balaban J connectivity index is 2.22. The van der Waals surface area contributed by atoms with Crippen molar-refractivity contribution in [2.45, 2.75) is 6.54 Å². The predicted molar refractivity (Wildman–Crippen MR) is 69.5 cm³/mol. The maximum Gasteiger partial charge on any atom is 0.329 e. The molecule has 1 saturated heterocycles. The number of aromatic amines is 1. The zero-order chi connectivity index (χ0) is 13.3. The standard InChI is InChI=1S/C11H19N5O2/c1-14-3-5-16(6-4-14)7-8-9(12)15(2)11(18)13-10(8)17/h3-7,12H2,1-2H3,(H,13,17,18). The van der Waals surface area contributed by atoms with E-state index in [1.54, 1.807) is 7.05 Å². The summed E-state index contributed by atoms with van der Waals surface area (Å²) in [5, 5.41) is 0. The summed E-state index contributed by atoms with van der Waals surface area (Å²) in [6.45, 7) is 4.24. The van der Waals surface area contributed by atoms with Crippen molar-refractivity contribution in [1.29, 1.82) is 0 Å². The second-order valence-corrected chi connectivity index (χ2v) is 4.76. The Morgan fingerprint density at radius 2 is 1.78 bits per heavy atom. The highest BCUT2D eigenvalue weighted by Gasteiger charge is 2.18. The van der Waals surface area contributed by atoms with Crippen molar-refractivity contribution < 1.29 is 0 Å². The monoisotopic (exact) mass is 253 g/mol. The van der Waals surface area contributed by atoms with Crippen LogP contribution in [-0.2, 0) is 13.6 Å². The van der Waals surface area contributed by atoms with Gasteiger partial charge in [-0.2, -0.15) is 0 Å². The first-order chi connectivity index (χ1) is 8.49. The van der Waals surface area contributed by atoms with Gasteiger partial charge < -0.3 is 10.6 Å². The van der Waals surface area contributed by atoms with E-state index in [9.17, 15) is 9.59 Å². The third-order valence-electron chi connectivity index (χ3n) is 3.45. The highest BCUT2D eigenvalue weighted by Crippen LogP contribution is 2.08. The van der Waals surface area contributed by atoms with Crippen LogP contribution in [0.15, 0.2) is 9.59 Å². The van der Waals surface area contributed by atoms with Crippen molar-refractivity contribution in [1.82, 2.24) is 19.4 Å². The summed E-state index contributed by atoms with van der Waals surface area (Å²) < 4.78 is 1.27. The fourth-order valence-electron chi connectivity index (χ4n) is 2.07. The largest absolute Gasteiger partial charge is 0.385 e. The molecule has 0 aliphatic carbocycles. The van der Waals surface area contributed by atoms with Gasteiger partial charge >= 0.3 is 5.69 Å². The van der Waals surface area contributed by atoms with Crippen molar-refractivity contribution in [3.05, 3.63) is 26.4 Å². The summed E-state index contributed by atoms with van der Waals surface area (Å²) in [5.74, 6) is 0.252. The Kier molecular flexibility index (Phi) is 3.53. The molecule has 0 aromatic carbocycles. The van der Waals surface area contributed by atoms with Gasteiger partial charge in [0, 0.05) is 39.8 Å². The fourth-order valence-corrected chi connectivity index (χ4v) is 2.07. The lowest BCUT2D eigenvalue weighted by atomic mass is 10.2. The zero-order valence-corrected chi connectivity index (χ0v) is 10.8. The van der Waals surface area contributed by atoms with Crippen LogP contribution in [0.25, 0.3) is 0 Å². The Labute approximate surface area is 105 Å². The Morgan fingerprint density at radius 3 is 2.39 bits per heavy atom. The van der Waals surface area contributed by atoms with Gasteiger partial charge in [-0.1, -0.05) is 0 Å². The van der Waals surface area contributed by atoms with Crippen LogP contribution in [0.2, 0.25) is 0 Å². The Morgan fingerprint density at radius 1 is 1.17 bits per heavy atom. The van der Waals surface area contributed by atoms with Crippen molar-refractivity contribution >= 4 is 5.82 Å². The van der Waals surface area contributed by atoms with Crippen LogP contribution < -0.4 is 17.0 Å². The number of likely N-dealkylation sites (N-methyl/N-ethyl adjacent to an activating group) is 1. The van der Waals surface area contributed by atoms with Crippen LogP contribution in [0, 0.1) is 0 Å². The minimum atomic E-state index is -0.473. The summed E-state index contributed by atoms with van der Waals surface area (Å²) >= 11 is 0. The van der Waals surface area contributed by atoms with Gasteiger partial charge in [0.05, 0.1) is 5.56 Å². The smallest absolute Gasteiger partial charge is 0.329 e. The van der Waals surface area contributed by atoms with Crippen LogP contribution in [-0.4, -0.2) is 52.6 Å². The van der Waals surface area contributed by atoms with E-state index in [1.807, 2.05) is 0 Å². The minimum Gasteiger partial charge on any atom is -0.385 e. The average molecular weight is 253 g/mol. The number of anilines is 1. The zero-order valence-electron chi connectivity index (χ0n) is 10.8. The molecule has 2 rings (SSSR count). The molecule has 0 spiro atoms. The number of nitrogens with two attached hydrogens (primary N) is 1. The topological polar surface area (TPSA) is 87.4 Å². The number of piperazine rings is 1. The average Bonchev–Trinajstić information content (AvgIpc) is 2.34. The van der Waals surface area contributed by atoms with Crippen LogP contribution in [0.3, 0.4) is 0 Å². The van der Waals surface area contributed by atoms with E-state index < -0.39 is 5.69 Å². The molecule has 1 fully saturated rings. The number of aromatic nitrogens is 2. The molecule has 3 N–H and O–H groups in total. The third-order valence-corrected chi connectivity index (χ3v) is 3.45. The van der Waals surface area contributed by atoms with E-state index in [-0.39, 0.29) is 11.4 Å². The van der Waals surface area contributed by atoms with Crippen LogP contribution in [0.4, 0.5) is 5.82 Å². The second kappa shape index (κ2) is 4.95. The molecule has 18 heavy (non-hydrogen) atoms. The van der Waals surface area contributed by atoms with Crippen molar-refractivity contribution in [2.75, 3.05) is 39.0 Å². The molecule has 7 nitrogen and oxygen atoms in total. The molecule has 1 aliphatic rings. The molecule has 1 aromatic heterocycles. The van der Waals surface area contributed by atoms with Gasteiger partial charge in [0.15, 0.2) is 0 Å². The highest BCUT2D eigenvalue weighted by molar-refractivity contribution is 5.37. The summed E-state index contributed by atoms with van der Waals surface area (Å²) in [5.41, 5.74) is 5.46. The van der Waals surface area contributed by atoms with Gasteiger partial charge in [-0.15, -0.1) is 0 Å². The number of nitrogens with zero attached hydrogens (tertiary/aromatic N) is 3. The normalized spacial score (nSPS) is 18.1. The molecule has 0 atom stereocenters. The van der Waals surface area contributed by atoms with E-state index in [1.165, 1.54) is 4.57 Å². The van der Waals surface area contributed by atoms with Gasteiger partial charge in [-0.05, 0) is 7.05 Å². The number of nitrogens with one attached hydrogen (secondary N) is 1. The van der Waals surface area contributed by atoms with Crippen molar-refractivity contribution in [2.24, 2.45) is 7.05 Å². The van der Waals surface area contributed by atoms with Crippen LogP contribution in [0.5, 0.6) is 0 Å². The molecular formula is C11H19N5O2. The maximum atomic E-state index is 11.8. The first-order valence-corrected chi connectivity index (χ1v) is 5.97. The first kappa shape index (κ1) is 12.8. The van der Waals surface area contributed by atoms with Crippen molar-refractivity contribution in [3.63, 3.8) is 0 Å². The van der Waals surface area contributed by atoms with Gasteiger partial charge in [0.2, 0.25) is 0 Å². The molecule has 0 radical (unpaired) electrons. The Hall–Kier alpha value is -1.60. The molecule has 0 amide bonds. The molecule has 0 saturated carbocycles. The van der Waals surface area contributed by atoms with Gasteiger partial charge in [-0.3, -0.25) is 19.2 Å². The summed E-state index contributed by atoms with van der Waals surface area (Å²) in [6.07, 6.45) is 0. The number of hydrogen-bond donors (Lipinski definition) is 2. The third kappa shape index (κ3) is 2.46. The van der Waals surface area contributed by atoms with Gasteiger partial charge in [-0.25, -0.2) is 4.79 Å². The number of hydrogen-bond acceptors (Lipinski definition) is 5. The molecule has 1 aliphatic heterocycles. The Bertz CT molecular complexity index is 539. The lowest BCUT2D eigenvalue weighted by Crippen LogP contribution is -2.45. The molecule has 2 heterocycles. The SMILES string of the molecule is CN1CCN(Cc2c(N)n(C)c(=O)[nH]c2=O)CC1. The number of nitrogen functional groups attached to an aromatic ring is 1. The van der Waals surface area contributed by atoms with Crippen molar-refractivity contribution in [3.8, 4) is 0 Å². The summed E-state index contributed by atoms with van der Waals surface area (Å²) in [7, 11) is 3.63. The van der Waals surface area contributed by atoms with Crippen LogP contribution >= 0.6 is 0 Å². The van der Waals surface area contributed by atoms with Gasteiger partial charge in [0.25, 0.3) is 5.56 Å². The quantitative estimate of drug-likeness (QED) is 0.663. The molecule has 0 bridgehead atoms. The number of H-pyrrole nitrogens is 1. The number of rotatable bonds is 2. The van der Waals surface area contributed by atoms with E-state index >= 15 is 0 Å². The molecule has 7 heteroatoms. The highest BCUT2D eigenvalue weighted by atomic mass is 16.2. The molecular weight excluding hydrogens is 234 g/mol. The molecule has 1 aromatic rings. The lowest BCUT2D eigenvalue weighted by Gasteiger charge is -2.32. The lowest BCUT2D eigenvalue weighted by molar-refractivity contribution is 0.147. The van der Waals surface area contributed by atoms with Crippen LogP contribution in [0.1, 0.15) is 5.56 Å². The van der Waals surface area contributed by atoms with E-state index in [2.05, 4.69) is 21.8 Å². The van der Waals surface area contributed by atoms with E-state index in [0.29, 0.717) is 12.1 Å². The second-order valence-electron chi connectivity index (χ2n) is 4.76. The fraction of sp³-hybridized carbons (Fsp3) is 0.636. The predicted octanol–water partition coefficient (Wildman–Crippen LogP) is -1.60. The summed E-state index contributed by atoms with van der Waals surface area (Å²) in [6, 6.07) is 0. The maximum absolute atomic E-state index is 11.8.